The van der Waals surface area contributed by atoms with Crippen molar-refractivity contribution in [2.45, 2.75) is 12.8 Å². The van der Waals surface area contributed by atoms with Gasteiger partial charge in [-0.3, -0.25) is 0 Å². The Morgan fingerprint density at radius 3 is 2.31 bits per heavy atom. The molecule has 0 saturated carbocycles. The third-order valence-corrected chi connectivity index (χ3v) is 1.97. The highest BCUT2D eigenvalue weighted by Gasteiger charge is 2.42. The van der Waals surface area contributed by atoms with E-state index in [1.807, 2.05) is 0 Å². The molecular formula is C11H12F2O3. The highest BCUT2D eigenvalue weighted by molar-refractivity contribution is 5.79. The van der Waals surface area contributed by atoms with Crippen LogP contribution in [-0.4, -0.2) is 19.7 Å². The molecule has 0 fully saturated rings. The van der Waals surface area contributed by atoms with E-state index in [1.165, 1.54) is 12.1 Å². The van der Waals surface area contributed by atoms with E-state index in [2.05, 4.69) is 4.74 Å². The lowest BCUT2D eigenvalue weighted by atomic mass is 10.1. The van der Waals surface area contributed by atoms with Crippen LogP contribution < -0.4 is 4.74 Å². The predicted molar refractivity (Wildman–Crippen MR) is 53.5 cm³/mol. The Bertz CT molecular complexity index is 360. The third kappa shape index (κ3) is 2.48. The molecule has 0 aliphatic rings. The summed E-state index contributed by atoms with van der Waals surface area (Å²) in [6.45, 7) is 2.24. The number of rotatable bonds is 4. The number of carbonyl (C=O) groups is 1. The number of carbonyl (C=O) groups excluding carboxylic acids is 1. The fourth-order valence-corrected chi connectivity index (χ4v) is 1.17. The highest BCUT2D eigenvalue weighted by Crippen LogP contribution is 2.30. The monoisotopic (exact) mass is 230 g/mol. The summed E-state index contributed by atoms with van der Waals surface area (Å²) in [4.78, 5) is 10.8. The van der Waals surface area contributed by atoms with Gasteiger partial charge in [0.05, 0.1) is 13.7 Å². The van der Waals surface area contributed by atoms with Gasteiger partial charge < -0.3 is 9.47 Å². The first kappa shape index (κ1) is 12.4. The zero-order chi connectivity index (χ0) is 12.2. The van der Waals surface area contributed by atoms with E-state index >= 15 is 0 Å². The van der Waals surface area contributed by atoms with Gasteiger partial charge in [-0.1, -0.05) is 0 Å². The summed E-state index contributed by atoms with van der Waals surface area (Å²) in [6.07, 6.45) is 0. The fourth-order valence-electron chi connectivity index (χ4n) is 1.17. The minimum atomic E-state index is -3.63. The van der Waals surface area contributed by atoms with Gasteiger partial charge in [0.25, 0.3) is 0 Å². The fraction of sp³-hybridized carbons (Fsp3) is 0.364. The zero-order valence-corrected chi connectivity index (χ0v) is 9.00. The number of halogens is 2. The summed E-state index contributed by atoms with van der Waals surface area (Å²) < 4.78 is 35.8. The molecule has 1 rings (SSSR count). The molecule has 1 aromatic carbocycles. The van der Waals surface area contributed by atoms with Crippen molar-refractivity contribution >= 4 is 5.97 Å². The summed E-state index contributed by atoms with van der Waals surface area (Å²) in [5.74, 6) is -4.72. The van der Waals surface area contributed by atoms with Crippen LogP contribution in [-0.2, 0) is 15.5 Å². The highest BCUT2D eigenvalue weighted by atomic mass is 19.3. The normalized spacial score (nSPS) is 11.0. The molecule has 0 aliphatic carbocycles. The van der Waals surface area contributed by atoms with Crippen molar-refractivity contribution in [1.29, 1.82) is 0 Å². The van der Waals surface area contributed by atoms with E-state index in [0.717, 1.165) is 19.2 Å². The lowest BCUT2D eigenvalue weighted by Gasteiger charge is -2.14. The molecule has 5 heteroatoms. The van der Waals surface area contributed by atoms with Crippen LogP contribution in [0.25, 0.3) is 0 Å². The van der Waals surface area contributed by atoms with Gasteiger partial charge in [-0.25, -0.2) is 4.79 Å². The second kappa shape index (κ2) is 4.92. The lowest BCUT2D eigenvalue weighted by molar-refractivity contribution is -0.170. The average molecular weight is 230 g/mol. The second-order valence-electron chi connectivity index (χ2n) is 3.02. The summed E-state index contributed by atoms with van der Waals surface area (Å²) in [5, 5.41) is 0. The van der Waals surface area contributed by atoms with Crippen molar-refractivity contribution in [1.82, 2.24) is 0 Å². The van der Waals surface area contributed by atoms with Crippen LogP contribution >= 0.6 is 0 Å². The maximum Gasteiger partial charge on any atom is 0.381 e. The van der Waals surface area contributed by atoms with Crippen molar-refractivity contribution in [3.8, 4) is 5.75 Å². The summed E-state index contributed by atoms with van der Waals surface area (Å²) in [6, 6.07) is 5.05. The molecule has 1 aromatic rings. The van der Waals surface area contributed by atoms with E-state index in [1.54, 1.807) is 6.92 Å². The molecule has 0 bridgehead atoms. The number of hydrogen-bond donors (Lipinski definition) is 0. The minimum Gasteiger partial charge on any atom is -0.494 e. The summed E-state index contributed by atoms with van der Waals surface area (Å²) >= 11 is 0. The standard InChI is InChI=1S/C11H12F2O3/c1-3-16-9-6-4-8(5-7-9)11(12,13)10(14)15-2/h4-7H,3H2,1-2H3. The second-order valence-corrected chi connectivity index (χ2v) is 3.02. The molecule has 0 N–H and O–H groups in total. The number of alkyl halides is 2. The van der Waals surface area contributed by atoms with Crippen LogP contribution in [0, 0.1) is 0 Å². The first-order valence-corrected chi connectivity index (χ1v) is 4.72. The lowest BCUT2D eigenvalue weighted by Crippen LogP contribution is -2.27. The predicted octanol–water partition coefficient (Wildman–Crippen LogP) is 2.35. The van der Waals surface area contributed by atoms with Crippen LogP contribution in [0.1, 0.15) is 12.5 Å². The van der Waals surface area contributed by atoms with E-state index in [-0.39, 0.29) is 0 Å². The Morgan fingerprint density at radius 2 is 1.88 bits per heavy atom. The van der Waals surface area contributed by atoms with Crippen LogP contribution in [0.4, 0.5) is 8.78 Å². The number of benzene rings is 1. The van der Waals surface area contributed by atoms with Crippen LogP contribution in [0.15, 0.2) is 24.3 Å². The van der Waals surface area contributed by atoms with Gasteiger partial charge in [-0.2, -0.15) is 8.78 Å². The van der Waals surface area contributed by atoms with Gasteiger partial charge in [0.1, 0.15) is 5.75 Å². The molecule has 0 unspecified atom stereocenters. The largest absolute Gasteiger partial charge is 0.494 e. The number of esters is 1. The molecule has 16 heavy (non-hydrogen) atoms. The van der Waals surface area contributed by atoms with Crippen LogP contribution in [0.2, 0.25) is 0 Å². The van der Waals surface area contributed by atoms with Crippen molar-refractivity contribution in [3.63, 3.8) is 0 Å². The molecule has 0 spiro atoms. The van der Waals surface area contributed by atoms with E-state index in [0.29, 0.717) is 12.4 Å². The Hall–Kier alpha value is -1.65. The molecule has 0 aliphatic heterocycles. The van der Waals surface area contributed by atoms with Crippen molar-refractivity contribution in [3.05, 3.63) is 29.8 Å². The molecule has 0 atom stereocenters. The first-order valence-electron chi connectivity index (χ1n) is 4.72. The number of hydrogen-bond acceptors (Lipinski definition) is 3. The Kier molecular flexibility index (Phi) is 3.82. The van der Waals surface area contributed by atoms with Crippen molar-refractivity contribution in [2.24, 2.45) is 0 Å². The van der Waals surface area contributed by atoms with Gasteiger partial charge in [0, 0.05) is 5.56 Å². The van der Waals surface area contributed by atoms with Crippen LogP contribution in [0.3, 0.4) is 0 Å². The van der Waals surface area contributed by atoms with Gasteiger partial charge in [-0.05, 0) is 31.2 Å². The zero-order valence-electron chi connectivity index (χ0n) is 9.00. The van der Waals surface area contributed by atoms with Gasteiger partial charge in [0.15, 0.2) is 0 Å². The summed E-state index contributed by atoms with van der Waals surface area (Å²) in [5.41, 5.74) is -0.414. The number of ether oxygens (including phenoxy) is 2. The molecular weight excluding hydrogens is 218 g/mol. The van der Waals surface area contributed by atoms with Gasteiger partial charge in [-0.15, -0.1) is 0 Å². The molecule has 3 nitrogen and oxygen atoms in total. The van der Waals surface area contributed by atoms with Crippen molar-refractivity contribution < 1.29 is 23.0 Å². The molecule has 0 saturated heterocycles. The van der Waals surface area contributed by atoms with Gasteiger partial charge >= 0.3 is 11.9 Å². The number of methoxy groups -OCH3 is 1. The smallest absolute Gasteiger partial charge is 0.381 e. The van der Waals surface area contributed by atoms with Crippen LogP contribution in [0.5, 0.6) is 5.75 Å². The first-order chi connectivity index (χ1) is 7.52. The molecule has 0 heterocycles. The molecule has 0 aromatic heterocycles. The average Bonchev–Trinajstić information content (AvgIpc) is 2.29. The Labute approximate surface area is 92.0 Å². The summed E-state index contributed by atoms with van der Waals surface area (Å²) in [7, 11) is 0.921. The van der Waals surface area contributed by atoms with E-state index in [4.69, 9.17) is 4.74 Å². The van der Waals surface area contributed by atoms with Crippen molar-refractivity contribution in [2.75, 3.05) is 13.7 Å². The van der Waals surface area contributed by atoms with Gasteiger partial charge in [0.2, 0.25) is 0 Å². The minimum absolute atomic E-state index is 0.414. The molecule has 88 valence electrons. The Balaban J connectivity index is 2.92. The maximum absolute atomic E-state index is 13.4. The maximum atomic E-state index is 13.4. The SMILES string of the molecule is CCOc1ccc(C(F)(F)C(=O)OC)cc1. The topological polar surface area (TPSA) is 35.5 Å². The quantitative estimate of drug-likeness (QED) is 0.745. The van der Waals surface area contributed by atoms with E-state index in [9.17, 15) is 13.6 Å². The molecule has 0 amide bonds. The Morgan fingerprint density at radius 1 is 1.31 bits per heavy atom. The molecule has 0 radical (unpaired) electrons. The third-order valence-electron chi connectivity index (χ3n) is 1.97. The van der Waals surface area contributed by atoms with E-state index < -0.39 is 17.5 Å².